The molecule has 4 rings (SSSR count). The second kappa shape index (κ2) is 9.65. The molecule has 7 nitrogen and oxygen atoms in total. The quantitative estimate of drug-likeness (QED) is 0.613. The fourth-order valence-electron chi connectivity index (χ4n) is 4.43. The Hall–Kier alpha value is -3.00. The SMILES string of the molecule is Cc1nccn1[C@@H](C)CC(=O)NC1CCN(Cc2cc(-c3ccccc3F)nn2C)CC1. The number of piperidine rings is 1. The highest BCUT2D eigenvalue weighted by atomic mass is 19.1. The minimum atomic E-state index is -0.258. The molecule has 2 aromatic heterocycles. The van der Waals surface area contributed by atoms with Crippen LogP contribution >= 0.6 is 0 Å². The van der Waals surface area contributed by atoms with Crippen molar-refractivity contribution in [1.82, 2.24) is 29.5 Å². The predicted molar refractivity (Wildman–Crippen MR) is 121 cm³/mol. The number of imidazole rings is 1. The molecule has 0 bridgehead atoms. The Bertz CT molecular complexity index is 1070. The summed E-state index contributed by atoms with van der Waals surface area (Å²) < 4.78 is 18.0. The summed E-state index contributed by atoms with van der Waals surface area (Å²) in [5, 5.41) is 7.70. The van der Waals surface area contributed by atoms with Crippen molar-refractivity contribution in [3.05, 3.63) is 60.1 Å². The Balaban J connectivity index is 1.27. The summed E-state index contributed by atoms with van der Waals surface area (Å²) in [6.07, 6.45) is 5.97. The lowest BCUT2D eigenvalue weighted by atomic mass is 10.0. The zero-order valence-electron chi connectivity index (χ0n) is 19.0. The number of nitrogens with zero attached hydrogens (tertiary/aromatic N) is 5. The number of nitrogens with one attached hydrogen (secondary N) is 1. The summed E-state index contributed by atoms with van der Waals surface area (Å²) in [5.74, 6) is 0.753. The van der Waals surface area contributed by atoms with Crippen molar-refractivity contribution in [2.75, 3.05) is 13.1 Å². The van der Waals surface area contributed by atoms with Gasteiger partial charge in [0.15, 0.2) is 0 Å². The number of hydrogen-bond acceptors (Lipinski definition) is 4. The van der Waals surface area contributed by atoms with E-state index in [2.05, 4.69) is 20.3 Å². The normalized spacial score (nSPS) is 16.2. The van der Waals surface area contributed by atoms with Gasteiger partial charge < -0.3 is 9.88 Å². The number of benzene rings is 1. The maximum absolute atomic E-state index is 14.1. The van der Waals surface area contributed by atoms with Crippen LogP contribution in [-0.4, -0.2) is 49.3 Å². The second-order valence-corrected chi connectivity index (χ2v) is 8.68. The Morgan fingerprint density at radius 2 is 2.03 bits per heavy atom. The number of aromatic nitrogens is 4. The van der Waals surface area contributed by atoms with Crippen LogP contribution in [0.4, 0.5) is 4.39 Å². The molecule has 0 saturated carbocycles. The van der Waals surface area contributed by atoms with Crippen molar-refractivity contribution in [3.63, 3.8) is 0 Å². The fraction of sp³-hybridized carbons (Fsp3) is 0.458. The summed E-state index contributed by atoms with van der Waals surface area (Å²) in [5.41, 5.74) is 2.23. The average Bonchev–Trinajstić information content (AvgIpc) is 3.35. The van der Waals surface area contributed by atoms with Crippen molar-refractivity contribution in [1.29, 1.82) is 0 Å². The molecule has 1 aliphatic rings. The summed E-state index contributed by atoms with van der Waals surface area (Å²) in [6.45, 7) is 6.56. The molecular weight excluding hydrogens is 407 g/mol. The Kier molecular flexibility index (Phi) is 6.69. The molecule has 32 heavy (non-hydrogen) atoms. The molecule has 1 amide bonds. The highest BCUT2D eigenvalue weighted by Gasteiger charge is 2.23. The predicted octanol–water partition coefficient (Wildman–Crippen LogP) is 3.46. The molecule has 1 aliphatic heterocycles. The number of carbonyl (C=O) groups is 1. The lowest BCUT2D eigenvalue weighted by Gasteiger charge is -2.32. The summed E-state index contributed by atoms with van der Waals surface area (Å²) >= 11 is 0. The average molecular weight is 439 g/mol. The zero-order valence-corrected chi connectivity index (χ0v) is 19.0. The topological polar surface area (TPSA) is 68.0 Å². The van der Waals surface area contributed by atoms with E-state index in [9.17, 15) is 9.18 Å². The molecule has 3 aromatic rings. The maximum Gasteiger partial charge on any atom is 0.222 e. The molecule has 1 aromatic carbocycles. The van der Waals surface area contributed by atoms with Crippen molar-refractivity contribution >= 4 is 5.91 Å². The fourth-order valence-corrected chi connectivity index (χ4v) is 4.43. The minimum Gasteiger partial charge on any atom is -0.353 e. The third-order valence-electron chi connectivity index (χ3n) is 6.28. The van der Waals surface area contributed by atoms with Gasteiger partial charge in [0, 0.05) is 63.1 Å². The highest BCUT2D eigenvalue weighted by molar-refractivity contribution is 5.76. The largest absolute Gasteiger partial charge is 0.353 e. The molecule has 170 valence electrons. The number of carbonyl (C=O) groups excluding carboxylic acids is 1. The first kappa shape index (κ1) is 22.2. The van der Waals surface area contributed by atoms with Crippen LogP contribution in [0.3, 0.4) is 0 Å². The van der Waals surface area contributed by atoms with Crippen LogP contribution in [0.25, 0.3) is 11.3 Å². The van der Waals surface area contributed by atoms with Gasteiger partial charge in [-0.1, -0.05) is 12.1 Å². The van der Waals surface area contributed by atoms with Gasteiger partial charge in [-0.15, -0.1) is 0 Å². The first-order chi connectivity index (χ1) is 15.4. The summed E-state index contributed by atoms with van der Waals surface area (Å²) in [6, 6.07) is 8.98. The number of hydrogen-bond donors (Lipinski definition) is 1. The number of amides is 1. The molecular formula is C24H31FN6O. The number of rotatable bonds is 7. The summed E-state index contributed by atoms with van der Waals surface area (Å²) in [4.78, 5) is 19.1. The Labute approximate surface area is 188 Å². The van der Waals surface area contributed by atoms with E-state index >= 15 is 0 Å². The van der Waals surface area contributed by atoms with Gasteiger partial charge >= 0.3 is 0 Å². The smallest absolute Gasteiger partial charge is 0.222 e. The summed E-state index contributed by atoms with van der Waals surface area (Å²) in [7, 11) is 1.90. The minimum absolute atomic E-state index is 0.0882. The van der Waals surface area contributed by atoms with Crippen molar-refractivity contribution < 1.29 is 9.18 Å². The van der Waals surface area contributed by atoms with E-state index in [0.29, 0.717) is 17.7 Å². The van der Waals surface area contributed by atoms with Crippen molar-refractivity contribution in [3.8, 4) is 11.3 Å². The molecule has 1 fully saturated rings. The number of halogens is 1. The van der Waals surface area contributed by atoms with E-state index < -0.39 is 0 Å². The van der Waals surface area contributed by atoms with Crippen LogP contribution in [0.1, 0.15) is 43.7 Å². The molecule has 3 heterocycles. The van der Waals surface area contributed by atoms with Crippen LogP contribution in [0, 0.1) is 12.7 Å². The molecule has 0 radical (unpaired) electrons. The van der Waals surface area contributed by atoms with Crippen LogP contribution in [0.2, 0.25) is 0 Å². The van der Waals surface area contributed by atoms with E-state index in [4.69, 9.17) is 0 Å². The molecule has 1 N–H and O–H groups in total. The Morgan fingerprint density at radius 1 is 1.28 bits per heavy atom. The van der Waals surface area contributed by atoms with Crippen LogP contribution < -0.4 is 5.32 Å². The Morgan fingerprint density at radius 3 is 2.72 bits per heavy atom. The van der Waals surface area contributed by atoms with Gasteiger partial charge in [0.2, 0.25) is 5.91 Å². The van der Waals surface area contributed by atoms with Gasteiger partial charge in [-0.2, -0.15) is 5.10 Å². The highest BCUT2D eigenvalue weighted by Crippen LogP contribution is 2.23. The van der Waals surface area contributed by atoms with E-state index in [0.717, 1.165) is 44.0 Å². The van der Waals surface area contributed by atoms with Gasteiger partial charge in [0.25, 0.3) is 0 Å². The van der Waals surface area contributed by atoms with Crippen molar-refractivity contribution in [2.24, 2.45) is 7.05 Å². The molecule has 0 spiro atoms. The first-order valence-corrected chi connectivity index (χ1v) is 11.2. The van der Waals surface area contributed by atoms with E-state index in [1.54, 1.807) is 18.3 Å². The zero-order chi connectivity index (χ0) is 22.7. The van der Waals surface area contributed by atoms with Gasteiger partial charge in [0.05, 0.1) is 11.4 Å². The van der Waals surface area contributed by atoms with Crippen LogP contribution in [0.5, 0.6) is 0 Å². The molecule has 0 unspecified atom stereocenters. The van der Waals surface area contributed by atoms with Gasteiger partial charge in [-0.25, -0.2) is 9.37 Å². The number of likely N-dealkylation sites (tertiary alicyclic amines) is 1. The van der Waals surface area contributed by atoms with E-state index in [1.165, 1.54) is 6.07 Å². The standard InChI is InChI=1S/C24H31FN6O/c1-17(31-13-10-26-18(31)2)14-24(32)27-19-8-11-30(12-9-19)16-20-15-23(28-29(20)3)21-6-4-5-7-22(21)25/h4-7,10,13,15,17,19H,8-9,11-12,14,16H2,1-3H3,(H,27,32)/t17-/m0/s1. The van der Waals surface area contributed by atoms with Gasteiger partial charge in [0.1, 0.15) is 11.6 Å². The lowest BCUT2D eigenvalue weighted by Crippen LogP contribution is -2.44. The molecule has 8 heteroatoms. The van der Waals surface area contributed by atoms with E-state index in [1.807, 2.05) is 48.5 Å². The third-order valence-corrected chi connectivity index (χ3v) is 6.28. The van der Waals surface area contributed by atoms with Crippen LogP contribution in [0.15, 0.2) is 42.7 Å². The third kappa shape index (κ3) is 5.07. The first-order valence-electron chi connectivity index (χ1n) is 11.2. The van der Waals surface area contributed by atoms with Gasteiger partial charge in [-0.3, -0.25) is 14.4 Å². The van der Waals surface area contributed by atoms with Gasteiger partial charge in [-0.05, 0) is 44.9 Å². The maximum atomic E-state index is 14.1. The molecule has 1 atom stereocenters. The second-order valence-electron chi connectivity index (χ2n) is 8.68. The van der Waals surface area contributed by atoms with Crippen LogP contribution in [-0.2, 0) is 18.4 Å². The molecule has 1 saturated heterocycles. The van der Waals surface area contributed by atoms with E-state index in [-0.39, 0.29) is 23.8 Å². The van der Waals surface area contributed by atoms with Crippen molar-refractivity contribution in [2.45, 2.75) is 51.7 Å². The monoisotopic (exact) mass is 438 g/mol. The molecule has 0 aliphatic carbocycles. The lowest BCUT2D eigenvalue weighted by molar-refractivity contribution is -0.122. The number of aryl methyl sites for hydroxylation is 2.